The van der Waals surface area contributed by atoms with Gasteiger partial charge in [-0.1, -0.05) is 11.6 Å². The Bertz CT molecular complexity index is 664. The van der Waals surface area contributed by atoms with Crippen molar-refractivity contribution in [3.63, 3.8) is 0 Å². The van der Waals surface area contributed by atoms with Gasteiger partial charge in [-0.3, -0.25) is 9.59 Å². The minimum absolute atomic E-state index is 0.145. The second-order valence-electron chi connectivity index (χ2n) is 4.53. The van der Waals surface area contributed by atoms with E-state index in [1.165, 1.54) is 13.0 Å². The van der Waals surface area contributed by atoms with Crippen molar-refractivity contribution in [2.75, 3.05) is 10.6 Å². The molecule has 21 heavy (non-hydrogen) atoms. The zero-order chi connectivity index (χ0) is 15.4. The molecule has 0 atom stereocenters. The van der Waals surface area contributed by atoms with Gasteiger partial charge in [-0.15, -0.1) is 0 Å². The number of carbonyl (C=O) groups is 2. The van der Waals surface area contributed by atoms with Gasteiger partial charge in [-0.25, -0.2) is 4.98 Å². The van der Waals surface area contributed by atoms with Crippen LogP contribution in [-0.4, -0.2) is 16.8 Å². The van der Waals surface area contributed by atoms with Crippen LogP contribution in [0.25, 0.3) is 0 Å². The average molecular weight is 304 g/mol. The minimum atomic E-state index is -0.269. The molecule has 0 saturated heterocycles. The summed E-state index contributed by atoms with van der Waals surface area (Å²) < 4.78 is 0. The van der Waals surface area contributed by atoms with E-state index in [1.54, 1.807) is 37.3 Å². The molecule has 6 heteroatoms. The fourth-order valence-corrected chi connectivity index (χ4v) is 2.05. The Morgan fingerprint density at radius 1 is 1.05 bits per heavy atom. The first-order valence-electron chi connectivity index (χ1n) is 6.27. The van der Waals surface area contributed by atoms with Crippen LogP contribution in [0.4, 0.5) is 11.4 Å². The lowest BCUT2D eigenvalue weighted by molar-refractivity contribution is -0.114. The maximum absolute atomic E-state index is 12.1. The lowest BCUT2D eigenvalue weighted by Crippen LogP contribution is -2.12. The van der Waals surface area contributed by atoms with E-state index in [-0.39, 0.29) is 17.0 Å². The maximum atomic E-state index is 12.1. The quantitative estimate of drug-likeness (QED) is 0.855. The van der Waals surface area contributed by atoms with Gasteiger partial charge in [0, 0.05) is 29.6 Å². The number of benzene rings is 1. The van der Waals surface area contributed by atoms with Crippen molar-refractivity contribution < 1.29 is 9.59 Å². The number of nitrogens with zero attached hydrogens (tertiary/aromatic N) is 1. The lowest BCUT2D eigenvalue weighted by atomic mass is 10.2. The van der Waals surface area contributed by atoms with Crippen LogP contribution in [0.1, 0.15) is 23.0 Å². The molecule has 1 heterocycles. The van der Waals surface area contributed by atoms with Crippen molar-refractivity contribution in [3.05, 3.63) is 52.8 Å². The number of anilines is 2. The molecule has 0 unspecified atom stereocenters. The number of nitrogens with one attached hydrogen (secondary N) is 2. The number of aromatic nitrogens is 1. The molecule has 0 fully saturated rings. The van der Waals surface area contributed by atoms with Crippen LogP contribution in [0.2, 0.25) is 5.15 Å². The maximum Gasteiger partial charge on any atom is 0.255 e. The Labute approximate surface area is 127 Å². The fraction of sp³-hybridized carbons (Fsp3) is 0.133. The number of carbonyl (C=O) groups excluding carboxylic acids is 2. The molecule has 0 aliphatic carbocycles. The summed E-state index contributed by atoms with van der Waals surface area (Å²) in [6.45, 7) is 3.20. The first-order valence-corrected chi connectivity index (χ1v) is 6.65. The number of amides is 2. The number of hydrogen-bond acceptors (Lipinski definition) is 3. The molecule has 0 aliphatic heterocycles. The Kier molecular flexibility index (Phi) is 4.55. The summed E-state index contributed by atoms with van der Waals surface area (Å²) in [7, 11) is 0. The van der Waals surface area contributed by atoms with Gasteiger partial charge in [0.05, 0.1) is 0 Å². The van der Waals surface area contributed by atoms with Gasteiger partial charge >= 0.3 is 0 Å². The molecule has 2 N–H and O–H groups in total. The van der Waals surface area contributed by atoms with Gasteiger partial charge in [0.1, 0.15) is 5.15 Å². The van der Waals surface area contributed by atoms with Gasteiger partial charge < -0.3 is 10.6 Å². The van der Waals surface area contributed by atoms with E-state index in [0.717, 1.165) is 0 Å². The van der Waals surface area contributed by atoms with Gasteiger partial charge in [0.2, 0.25) is 5.91 Å². The number of halogens is 1. The van der Waals surface area contributed by atoms with Crippen molar-refractivity contribution in [1.82, 2.24) is 4.98 Å². The summed E-state index contributed by atoms with van der Waals surface area (Å²) in [6, 6.07) is 10.0. The molecule has 0 aliphatic rings. The zero-order valence-corrected chi connectivity index (χ0v) is 12.4. The molecular weight excluding hydrogens is 290 g/mol. The number of hydrogen-bond donors (Lipinski definition) is 2. The summed E-state index contributed by atoms with van der Waals surface area (Å²) in [5.74, 6) is -0.414. The first kappa shape index (κ1) is 15.0. The highest BCUT2D eigenvalue weighted by Gasteiger charge is 2.08. The van der Waals surface area contributed by atoms with Crippen LogP contribution in [0.3, 0.4) is 0 Å². The average Bonchev–Trinajstić information content (AvgIpc) is 2.39. The van der Waals surface area contributed by atoms with Crippen molar-refractivity contribution in [1.29, 1.82) is 0 Å². The van der Waals surface area contributed by atoms with E-state index >= 15 is 0 Å². The van der Waals surface area contributed by atoms with Crippen molar-refractivity contribution >= 4 is 34.8 Å². The predicted molar refractivity (Wildman–Crippen MR) is 82.7 cm³/mol. The fourth-order valence-electron chi connectivity index (χ4n) is 1.80. The highest BCUT2D eigenvalue weighted by atomic mass is 35.5. The molecule has 0 bridgehead atoms. The van der Waals surface area contributed by atoms with Crippen LogP contribution in [0.15, 0.2) is 36.4 Å². The molecule has 2 aromatic rings. The molecule has 5 nitrogen and oxygen atoms in total. The number of rotatable bonds is 3. The molecule has 2 rings (SSSR count). The van der Waals surface area contributed by atoms with Crippen molar-refractivity contribution in [2.45, 2.75) is 13.8 Å². The smallest absolute Gasteiger partial charge is 0.255 e. The molecule has 1 aromatic heterocycles. The van der Waals surface area contributed by atoms with Gasteiger partial charge in [0.25, 0.3) is 5.91 Å². The number of aryl methyl sites for hydroxylation is 1. The molecule has 0 saturated carbocycles. The summed E-state index contributed by atoms with van der Waals surface area (Å²) in [5, 5.41) is 5.69. The zero-order valence-electron chi connectivity index (χ0n) is 11.6. The van der Waals surface area contributed by atoms with E-state index in [2.05, 4.69) is 15.6 Å². The third-order valence-corrected chi connectivity index (χ3v) is 2.84. The molecule has 2 amide bonds. The van der Waals surface area contributed by atoms with Gasteiger partial charge in [-0.05, 0) is 43.3 Å². The van der Waals surface area contributed by atoms with E-state index in [9.17, 15) is 9.59 Å². The summed E-state index contributed by atoms with van der Waals surface area (Å²) in [6.07, 6.45) is 0. The Balaban J connectivity index is 2.10. The van der Waals surface area contributed by atoms with Gasteiger partial charge in [-0.2, -0.15) is 0 Å². The third kappa shape index (κ3) is 4.29. The van der Waals surface area contributed by atoms with Gasteiger partial charge in [0.15, 0.2) is 0 Å². The topological polar surface area (TPSA) is 71.1 Å². The Hall–Kier alpha value is -2.40. The van der Waals surface area contributed by atoms with Crippen LogP contribution in [0.5, 0.6) is 0 Å². The lowest BCUT2D eigenvalue weighted by Gasteiger charge is -2.07. The van der Waals surface area contributed by atoms with Crippen LogP contribution in [-0.2, 0) is 4.79 Å². The van der Waals surface area contributed by atoms with Crippen LogP contribution >= 0.6 is 11.6 Å². The first-order chi connectivity index (χ1) is 9.94. The highest BCUT2D eigenvalue weighted by molar-refractivity contribution is 6.29. The van der Waals surface area contributed by atoms with Crippen LogP contribution < -0.4 is 10.6 Å². The summed E-state index contributed by atoms with van der Waals surface area (Å²) in [4.78, 5) is 27.0. The van der Waals surface area contributed by atoms with Crippen molar-refractivity contribution in [2.24, 2.45) is 0 Å². The van der Waals surface area contributed by atoms with E-state index in [4.69, 9.17) is 11.6 Å². The molecule has 0 spiro atoms. The van der Waals surface area contributed by atoms with E-state index in [0.29, 0.717) is 22.6 Å². The molecule has 108 valence electrons. The van der Waals surface area contributed by atoms with E-state index < -0.39 is 0 Å². The molecule has 1 aromatic carbocycles. The monoisotopic (exact) mass is 303 g/mol. The highest BCUT2D eigenvalue weighted by Crippen LogP contribution is 2.16. The molecular formula is C15H14ClN3O2. The standard InChI is InChI=1S/C15H14ClN3O2/c1-9-7-11(8-14(16)17-9)15(21)19-13-5-3-12(4-6-13)18-10(2)20/h3-8H,1-2H3,(H,18,20)(H,19,21). The SMILES string of the molecule is CC(=O)Nc1ccc(NC(=O)c2cc(C)nc(Cl)c2)cc1. The summed E-state index contributed by atoms with van der Waals surface area (Å²) in [5.41, 5.74) is 2.41. The number of pyridine rings is 1. The predicted octanol–water partition coefficient (Wildman–Crippen LogP) is 3.25. The second-order valence-corrected chi connectivity index (χ2v) is 4.92. The minimum Gasteiger partial charge on any atom is -0.326 e. The third-order valence-electron chi connectivity index (χ3n) is 2.65. The van der Waals surface area contributed by atoms with Crippen LogP contribution in [0, 0.1) is 6.92 Å². The molecule has 0 radical (unpaired) electrons. The van der Waals surface area contributed by atoms with E-state index in [1.807, 2.05) is 0 Å². The van der Waals surface area contributed by atoms with Crippen molar-refractivity contribution in [3.8, 4) is 0 Å². The second kappa shape index (κ2) is 6.37. The largest absolute Gasteiger partial charge is 0.326 e. The normalized spacial score (nSPS) is 10.0. The Morgan fingerprint density at radius 3 is 2.14 bits per heavy atom. The summed E-state index contributed by atoms with van der Waals surface area (Å²) >= 11 is 5.84. The Morgan fingerprint density at radius 2 is 1.62 bits per heavy atom.